The maximum Gasteiger partial charge on any atom is 0.0614 e. The first-order valence-corrected chi connectivity index (χ1v) is 7.88. The molecule has 2 N–H and O–H groups in total. The van der Waals surface area contributed by atoms with Gasteiger partial charge in [0.05, 0.1) is 12.7 Å². The maximum atomic E-state index is 9.69. The molecule has 0 aromatic heterocycles. The molecule has 1 saturated heterocycles. The summed E-state index contributed by atoms with van der Waals surface area (Å²) in [4.78, 5) is 0. The van der Waals surface area contributed by atoms with Gasteiger partial charge in [0.2, 0.25) is 0 Å². The van der Waals surface area contributed by atoms with Gasteiger partial charge >= 0.3 is 0 Å². The van der Waals surface area contributed by atoms with Gasteiger partial charge in [-0.25, -0.2) is 0 Å². The molecule has 0 bridgehead atoms. The summed E-state index contributed by atoms with van der Waals surface area (Å²) in [6.45, 7) is 2.91. The van der Waals surface area contributed by atoms with Gasteiger partial charge in [-0.1, -0.05) is 0 Å². The van der Waals surface area contributed by atoms with Crippen LogP contribution in [0.5, 0.6) is 0 Å². The highest BCUT2D eigenvalue weighted by atomic mass is 16.5. The van der Waals surface area contributed by atoms with Gasteiger partial charge in [0.15, 0.2) is 0 Å². The summed E-state index contributed by atoms with van der Waals surface area (Å²) >= 11 is 0. The fourth-order valence-corrected chi connectivity index (χ4v) is 3.39. The molecule has 0 aromatic rings. The number of rotatable bonds is 6. The second-order valence-corrected chi connectivity index (χ2v) is 6.61. The van der Waals surface area contributed by atoms with Crippen LogP contribution < -0.4 is 5.32 Å². The lowest BCUT2D eigenvalue weighted by Crippen LogP contribution is -2.48. The number of aliphatic hydroxyl groups excluding tert-OH is 1. The van der Waals surface area contributed by atoms with Crippen LogP contribution in [-0.4, -0.2) is 49.2 Å². The van der Waals surface area contributed by atoms with E-state index in [4.69, 9.17) is 9.47 Å². The largest absolute Gasteiger partial charge is 0.394 e. The number of ether oxygens (including phenoxy) is 2. The third-order valence-electron chi connectivity index (χ3n) is 4.86. The molecule has 3 aliphatic rings. The number of aliphatic hydroxyl groups is 1. The lowest BCUT2D eigenvalue weighted by atomic mass is 9.98. The molecule has 0 spiro atoms. The predicted octanol–water partition coefficient (Wildman–Crippen LogP) is 1.47. The van der Waals surface area contributed by atoms with Crippen molar-refractivity contribution in [1.29, 1.82) is 0 Å². The molecule has 2 unspecified atom stereocenters. The quantitative estimate of drug-likeness (QED) is 0.766. The molecule has 0 radical (unpaired) electrons. The van der Waals surface area contributed by atoms with Crippen LogP contribution in [0.2, 0.25) is 0 Å². The lowest BCUT2D eigenvalue weighted by molar-refractivity contribution is -0.0122. The van der Waals surface area contributed by atoms with E-state index in [1.165, 1.54) is 12.8 Å². The Balaban J connectivity index is 1.42. The standard InChI is InChI=1S/C15H27NO3/c17-11-15(16-13-1-2-13)6-3-14(9-15)19-10-12-4-7-18-8-5-12/h12-14,16-17H,1-11H2. The molecule has 0 amide bonds. The molecule has 3 rings (SSSR count). The topological polar surface area (TPSA) is 50.7 Å². The molecule has 110 valence electrons. The zero-order valence-corrected chi connectivity index (χ0v) is 11.8. The van der Waals surface area contributed by atoms with E-state index in [0.717, 1.165) is 51.9 Å². The highest BCUT2D eigenvalue weighted by molar-refractivity contribution is 5.01. The lowest BCUT2D eigenvalue weighted by Gasteiger charge is -2.29. The average molecular weight is 269 g/mol. The Morgan fingerprint density at radius 2 is 1.95 bits per heavy atom. The van der Waals surface area contributed by atoms with E-state index in [2.05, 4.69) is 5.32 Å². The summed E-state index contributed by atoms with van der Waals surface area (Å²) < 4.78 is 11.5. The third-order valence-corrected chi connectivity index (χ3v) is 4.86. The van der Waals surface area contributed by atoms with Crippen molar-refractivity contribution < 1.29 is 14.6 Å². The third kappa shape index (κ3) is 3.69. The van der Waals surface area contributed by atoms with Gasteiger partial charge in [0.25, 0.3) is 0 Å². The minimum atomic E-state index is -0.0541. The molecule has 2 atom stereocenters. The highest BCUT2D eigenvalue weighted by Gasteiger charge is 2.42. The fourth-order valence-electron chi connectivity index (χ4n) is 3.39. The molecule has 0 aromatic carbocycles. The zero-order valence-electron chi connectivity index (χ0n) is 11.8. The van der Waals surface area contributed by atoms with Crippen LogP contribution >= 0.6 is 0 Å². The Kier molecular flexibility index (Phi) is 4.42. The normalized spacial score (nSPS) is 36.8. The van der Waals surface area contributed by atoms with Gasteiger partial charge in [-0.15, -0.1) is 0 Å². The number of hydrogen-bond donors (Lipinski definition) is 2. The molecule has 1 heterocycles. The Labute approximate surface area is 115 Å². The first-order valence-electron chi connectivity index (χ1n) is 7.88. The molecular formula is C15H27NO3. The Hall–Kier alpha value is -0.160. The van der Waals surface area contributed by atoms with E-state index < -0.39 is 0 Å². The highest BCUT2D eigenvalue weighted by Crippen LogP contribution is 2.35. The van der Waals surface area contributed by atoms with Crippen molar-refractivity contribution >= 4 is 0 Å². The van der Waals surface area contributed by atoms with Crippen LogP contribution in [-0.2, 0) is 9.47 Å². The van der Waals surface area contributed by atoms with E-state index in [1.54, 1.807) is 0 Å². The fraction of sp³-hybridized carbons (Fsp3) is 1.00. The minimum absolute atomic E-state index is 0.0541. The van der Waals surface area contributed by atoms with Crippen LogP contribution in [0.1, 0.15) is 44.9 Å². The summed E-state index contributed by atoms with van der Waals surface area (Å²) in [5.41, 5.74) is -0.0541. The second kappa shape index (κ2) is 6.08. The molecular weight excluding hydrogens is 242 g/mol. The summed E-state index contributed by atoms with van der Waals surface area (Å²) in [6.07, 6.45) is 8.27. The Morgan fingerprint density at radius 3 is 2.63 bits per heavy atom. The molecule has 19 heavy (non-hydrogen) atoms. The SMILES string of the molecule is OCC1(NC2CC2)CCC(OCC2CCOCC2)C1. The van der Waals surface area contributed by atoms with Crippen LogP contribution in [0.4, 0.5) is 0 Å². The van der Waals surface area contributed by atoms with E-state index >= 15 is 0 Å². The number of hydrogen-bond acceptors (Lipinski definition) is 4. The van der Waals surface area contributed by atoms with Crippen LogP contribution in [0, 0.1) is 5.92 Å². The van der Waals surface area contributed by atoms with Crippen molar-refractivity contribution in [3.63, 3.8) is 0 Å². The van der Waals surface area contributed by atoms with Crippen molar-refractivity contribution in [2.45, 2.75) is 62.6 Å². The van der Waals surface area contributed by atoms with Crippen LogP contribution in [0.15, 0.2) is 0 Å². The van der Waals surface area contributed by atoms with E-state index in [9.17, 15) is 5.11 Å². The molecule has 4 nitrogen and oxygen atoms in total. The zero-order chi connectivity index (χ0) is 13.1. The molecule has 4 heteroatoms. The summed E-state index contributed by atoms with van der Waals surface area (Å²) in [5.74, 6) is 0.675. The van der Waals surface area contributed by atoms with Crippen molar-refractivity contribution in [1.82, 2.24) is 5.32 Å². The van der Waals surface area contributed by atoms with Gasteiger partial charge in [-0.2, -0.15) is 0 Å². The van der Waals surface area contributed by atoms with Gasteiger partial charge in [0.1, 0.15) is 0 Å². The predicted molar refractivity (Wildman–Crippen MR) is 73.1 cm³/mol. The van der Waals surface area contributed by atoms with E-state index in [1.807, 2.05) is 0 Å². The molecule has 2 saturated carbocycles. The monoisotopic (exact) mass is 269 g/mol. The first-order chi connectivity index (χ1) is 9.30. The van der Waals surface area contributed by atoms with Crippen molar-refractivity contribution in [3.8, 4) is 0 Å². The second-order valence-electron chi connectivity index (χ2n) is 6.61. The van der Waals surface area contributed by atoms with Crippen molar-refractivity contribution in [3.05, 3.63) is 0 Å². The summed E-state index contributed by atoms with van der Waals surface area (Å²) in [7, 11) is 0. The van der Waals surface area contributed by atoms with Crippen molar-refractivity contribution in [2.24, 2.45) is 5.92 Å². The number of nitrogens with one attached hydrogen (secondary N) is 1. The Morgan fingerprint density at radius 1 is 1.16 bits per heavy atom. The van der Waals surface area contributed by atoms with Crippen LogP contribution in [0.3, 0.4) is 0 Å². The first kappa shape index (κ1) is 13.8. The van der Waals surface area contributed by atoms with Gasteiger partial charge in [0, 0.05) is 31.4 Å². The van der Waals surface area contributed by atoms with Gasteiger partial charge in [-0.05, 0) is 50.9 Å². The maximum absolute atomic E-state index is 9.69. The Bertz CT molecular complexity index is 289. The van der Waals surface area contributed by atoms with Crippen LogP contribution in [0.25, 0.3) is 0 Å². The van der Waals surface area contributed by atoms with Gasteiger partial charge in [-0.3, -0.25) is 0 Å². The average Bonchev–Trinajstić information content (AvgIpc) is 3.17. The smallest absolute Gasteiger partial charge is 0.0614 e. The van der Waals surface area contributed by atoms with E-state index in [-0.39, 0.29) is 12.1 Å². The summed E-state index contributed by atoms with van der Waals surface area (Å²) in [6, 6.07) is 0.654. The minimum Gasteiger partial charge on any atom is -0.394 e. The molecule has 1 aliphatic heterocycles. The molecule has 3 fully saturated rings. The van der Waals surface area contributed by atoms with Gasteiger partial charge < -0.3 is 19.9 Å². The van der Waals surface area contributed by atoms with E-state index in [0.29, 0.717) is 18.1 Å². The summed E-state index contributed by atoms with van der Waals surface area (Å²) in [5, 5.41) is 13.3. The molecule has 2 aliphatic carbocycles. The van der Waals surface area contributed by atoms with Crippen molar-refractivity contribution in [2.75, 3.05) is 26.4 Å².